The predicted molar refractivity (Wildman–Crippen MR) is 87.1 cm³/mol. The Morgan fingerprint density at radius 3 is 2.43 bits per heavy atom. The minimum absolute atomic E-state index is 0.218. The quantitative estimate of drug-likeness (QED) is 0.756. The van der Waals surface area contributed by atoms with Gasteiger partial charge in [-0.15, -0.1) is 0 Å². The van der Waals surface area contributed by atoms with Crippen LogP contribution in [0.5, 0.6) is 0 Å². The molecule has 0 aliphatic heterocycles. The van der Waals surface area contributed by atoms with Crippen molar-refractivity contribution in [3.63, 3.8) is 0 Å². The first-order chi connectivity index (χ1) is 10.3. The highest BCUT2D eigenvalue weighted by molar-refractivity contribution is 5.76. The fraction of sp³-hybridized carbons (Fsp3) is 0.611. The van der Waals surface area contributed by atoms with E-state index in [1.165, 1.54) is 18.4 Å². The maximum Gasteiger partial charge on any atom is 0.220 e. The van der Waals surface area contributed by atoms with Crippen LogP contribution in [0.15, 0.2) is 30.3 Å². The van der Waals surface area contributed by atoms with Crippen molar-refractivity contribution < 1.29 is 4.79 Å². The number of rotatable bonds is 7. The topological polar surface area (TPSA) is 55.1 Å². The van der Waals surface area contributed by atoms with Crippen molar-refractivity contribution in [1.29, 1.82) is 0 Å². The van der Waals surface area contributed by atoms with Gasteiger partial charge in [-0.1, -0.05) is 36.8 Å². The molecule has 1 aromatic rings. The Hall–Kier alpha value is -1.35. The summed E-state index contributed by atoms with van der Waals surface area (Å²) in [4.78, 5) is 11.9. The van der Waals surface area contributed by atoms with Crippen LogP contribution < -0.4 is 11.1 Å². The molecule has 0 bridgehead atoms. The van der Waals surface area contributed by atoms with E-state index in [9.17, 15) is 4.79 Å². The molecule has 3 N–H and O–H groups in total. The van der Waals surface area contributed by atoms with Crippen LogP contribution in [0, 0.1) is 0 Å². The smallest absolute Gasteiger partial charge is 0.220 e. The number of unbranched alkanes of at least 4 members (excludes halogenated alkanes) is 2. The molecule has 0 saturated heterocycles. The lowest BCUT2D eigenvalue weighted by molar-refractivity contribution is -0.122. The molecule has 0 atom stereocenters. The van der Waals surface area contributed by atoms with Crippen molar-refractivity contribution in [2.24, 2.45) is 5.73 Å². The van der Waals surface area contributed by atoms with Crippen LogP contribution in [-0.2, 0) is 4.79 Å². The number of hydrogen-bond donors (Lipinski definition) is 2. The summed E-state index contributed by atoms with van der Waals surface area (Å²) in [5.74, 6) is 0.888. The highest BCUT2D eigenvalue weighted by Crippen LogP contribution is 2.32. The highest BCUT2D eigenvalue weighted by Gasteiger charge is 2.23. The zero-order valence-electron chi connectivity index (χ0n) is 12.9. The lowest BCUT2D eigenvalue weighted by Gasteiger charge is -2.29. The van der Waals surface area contributed by atoms with Gasteiger partial charge in [0.25, 0.3) is 0 Å². The number of carbonyl (C=O) groups is 1. The van der Waals surface area contributed by atoms with Gasteiger partial charge in [0.2, 0.25) is 5.91 Å². The highest BCUT2D eigenvalue weighted by atomic mass is 16.1. The first-order valence-corrected chi connectivity index (χ1v) is 8.34. The second kappa shape index (κ2) is 8.83. The normalized spacial score (nSPS) is 22.0. The summed E-state index contributed by atoms with van der Waals surface area (Å²) in [6, 6.07) is 11.1. The van der Waals surface area contributed by atoms with E-state index in [1.807, 2.05) is 0 Å². The summed E-state index contributed by atoms with van der Waals surface area (Å²) in [5, 5.41) is 3.20. The molecular formula is C18H28N2O. The molecule has 0 unspecified atom stereocenters. The molecule has 1 aromatic carbocycles. The van der Waals surface area contributed by atoms with Crippen LogP contribution in [0.3, 0.4) is 0 Å². The van der Waals surface area contributed by atoms with Gasteiger partial charge in [-0.3, -0.25) is 4.79 Å². The maximum atomic E-state index is 11.9. The predicted octanol–water partition coefficient (Wildman–Crippen LogP) is 3.35. The Kier molecular flexibility index (Phi) is 6.74. The molecule has 3 heteroatoms. The minimum atomic E-state index is 0.218. The third-order valence-corrected chi connectivity index (χ3v) is 4.47. The lowest BCUT2D eigenvalue weighted by Crippen LogP contribution is -2.37. The summed E-state index contributed by atoms with van der Waals surface area (Å²) >= 11 is 0. The fourth-order valence-corrected chi connectivity index (χ4v) is 3.20. The number of nitrogens with one attached hydrogen (secondary N) is 1. The van der Waals surface area contributed by atoms with Gasteiger partial charge in [-0.25, -0.2) is 0 Å². The molecule has 21 heavy (non-hydrogen) atoms. The molecule has 116 valence electrons. The van der Waals surface area contributed by atoms with Crippen LogP contribution in [0.4, 0.5) is 0 Å². The summed E-state index contributed by atoms with van der Waals surface area (Å²) < 4.78 is 0. The molecule has 0 radical (unpaired) electrons. The number of amides is 1. The molecule has 0 spiro atoms. The summed E-state index contributed by atoms with van der Waals surface area (Å²) in [6.45, 7) is 0.727. The van der Waals surface area contributed by atoms with Gasteiger partial charge < -0.3 is 11.1 Å². The molecule has 0 heterocycles. The van der Waals surface area contributed by atoms with Crippen molar-refractivity contribution in [3.05, 3.63) is 35.9 Å². The second-order valence-electron chi connectivity index (χ2n) is 6.13. The molecule has 1 aliphatic carbocycles. The Bertz CT molecular complexity index is 410. The fourth-order valence-electron chi connectivity index (χ4n) is 3.20. The van der Waals surface area contributed by atoms with Gasteiger partial charge in [0.1, 0.15) is 0 Å². The van der Waals surface area contributed by atoms with Crippen molar-refractivity contribution in [3.8, 4) is 0 Å². The minimum Gasteiger partial charge on any atom is -0.353 e. The third-order valence-electron chi connectivity index (χ3n) is 4.47. The summed E-state index contributed by atoms with van der Waals surface area (Å²) in [5.41, 5.74) is 6.90. The first-order valence-electron chi connectivity index (χ1n) is 8.34. The Morgan fingerprint density at radius 1 is 1.05 bits per heavy atom. The van der Waals surface area contributed by atoms with E-state index < -0.39 is 0 Å². The molecule has 0 aromatic heterocycles. The number of carbonyl (C=O) groups excluding carboxylic acids is 1. The SMILES string of the molecule is NCCCCCC(=O)NC1CCC(c2ccccc2)CC1. The van der Waals surface area contributed by atoms with E-state index in [-0.39, 0.29) is 5.91 Å². The van der Waals surface area contributed by atoms with Gasteiger partial charge in [0.05, 0.1) is 0 Å². The maximum absolute atomic E-state index is 11.9. The van der Waals surface area contributed by atoms with E-state index in [1.54, 1.807) is 0 Å². The molecular weight excluding hydrogens is 260 g/mol. The zero-order valence-corrected chi connectivity index (χ0v) is 12.9. The van der Waals surface area contributed by atoms with E-state index >= 15 is 0 Å². The van der Waals surface area contributed by atoms with Gasteiger partial charge in [0, 0.05) is 12.5 Å². The van der Waals surface area contributed by atoms with Crippen LogP contribution >= 0.6 is 0 Å². The van der Waals surface area contributed by atoms with E-state index in [4.69, 9.17) is 5.73 Å². The van der Waals surface area contributed by atoms with Crippen LogP contribution in [0.25, 0.3) is 0 Å². The standard InChI is InChI=1S/C18H28N2O/c19-14-6-2-5-9-18(21)20-17-12-10-16(11-13-17)15-7-3-1-4-8-15/h1,3-4,7-8,16-17H,2,5-6,9-14,19H2,(H,20,21). The average Bonchev–Trinajstić information content (AvgIpc) is 2.53. The third kappa shape index (κ3) is 5.50. The van der Waals surface area contributed by atoms with Gasteiger partial charge in [-0.2, -0.15) is 0 Å². The Morgan fingerprint density at radius 2 is 1.76 bits per heavy atom. The zero-order chi connectivity index (χ0) is 14.9. The van der Waals surface area contributed by atoms with Gasteiger partial charge >= 0.3 is 0 Å². The molecule has 3 nitrogen and oxygen atoms in total. The number of benzene rings is 1. The first kappa shape index (κ1) is 16.0. The molecule has 1 amide bonds. The van der Waals surface area contributed by atoms with E-state index in [0.29, 0.717) is 18.4 Å². The largest absolute Gasteiger partial charge is 0.353 e. The van der Waals surface area contributed by atoms with E-state index in [0.717, 1.165) is 38.6 Å². The van der Waals surface area contributed by atoms with Crippen molar-refractivity contribution in [2.75, 3.05) is 6.54 Å². The van der Waals surface area contributed by atoms with Gasteiger partial charge in [-0.05, 0) is 56.6 Å². The molecule has 1 aliphatic rings. The second-order valence-corrected chi connectivity index (χ2v) is 6.13. The average molecular weight is 288 g/mol. The Balaban J connectivity index is 1.66. The summed E-state index contributed by atoms with van der Waals surface area (Å²) in [7, 11) is 0. The van der Waals surface area contributed by atoms with Crippen LogP contribution in [0.1, 0.15) is 62.8 Å². The monoisotopic (exact) mass is 288 g/mol. The molecule has 1 saturated carbocycles. The van der Waals surface area contributed by atoms with E-state index in [2.05, 4.69) is 35.6 Å². The van der Waals surface area contributed by atoms with Crippen molar-refractivity contribution >= 4 is 5.91 Å². The Labute approximate surface area is 128 Å². The van der Waals surface area contributed by atoms with Crippen LogP contribution in [0.2, 0.25) is 0 Å². The van der Waals surface area contributed by atoms with Crippen molar-refractivity contribution in [1.82, 2.24) is 5.32 Å². The van der Waals surface area contributed by atoms with Crippen molar-refractivity contribution in [2.45, 2.75) is 63.3 Å². The molecule has 2 rings (SSSR count). The number of nitrogens with two attached hydrogens (primary N) is 1. The molecule has 1 fully saturated rings. The lowest BCUT2D eigenvalue weighted by atomic mass is 9.82. The van der Waals surface area contributed by atoms with Crippen LogP contribution in [-0.4, -0.2) is 18.5 Å². The number of hydrogen-bond acceptors (Lipinski definition) is 2. The summed E-state index contributed by atoms with van der Waals surface area (Å²) in [6.07, 6.45) is 8.27. The van der Waals surface area contributed by atoms with Gasteiger partial charge in [0.15, 0.2) is 0 Å².